The molecule has 0 N–H and O–H groups in total. The van der Waals surface area contributed by atoms with Crippen LogP contribution in [0.2, 0.25) is 0 Å². The molecule has 0 aliphatic carbocycles. The van der Waals surface area contributed by atoms with E-state index in [-0.39, 0.29) is 0 Å². The molecule has 0 radical (unpaired) electrons. The highest BCUT2D eigenvalue weighted by Crippen LogP contribution is 2.38. The summed E-state index contributed by atoms with van der Waals surface area (Å²) in [5, 5.41) is 5.97. The summed E-state index contributed by atoms with van der Waals surface area (Å²) >= 11 is 0. The van der Waals surface area contributed by atoms with Crippen molar-refractivity contribution in [3.05, 3.63) is 188 Å². The number of fused-ring (bicyclic) bond motifs is 12. The molecule has 0 aliphatic rings. The van der Waals surface area contributed by atoms with Crippen LogP contribution < -0.4 is 0 Å². The van der Waals surface area contributed by atoms with Gasteiger partial charge in [0.05, 0.1) is 33.1 Å². The average Bonchev–Trinajstić information content (AvgIpc) is 4.00. The minimum absolute atomic E-state index is 0.753. The van der Waals surface area contributed by atoms with Gasteiger partial charge < -0.3 is 9.13 Å². The molecule has 0 spiro atoms. The van der Waals surface area contributed by atoms with Gasteiger partial charge in [-0.1, -0.05) is 103 Å². The van der Waals surface area contributed by atoms with Gasteiger partial charge in [0.1, 0.15) is 16.6 Å². The third-order valence-corrected chi connectivity index (χ3v) is 11.8. The second kappa shape index (κ2) is 11.7. The topological polar surface area (TPSA) is 58.4 Å². The molecule has 13 rings (SSSR count). The van der Waals surface area contributed by atoms with Crippen molar-refractivity contribution in [2.24, 2.45) is 0 Å². The molecule has 7 aromatic carbocycles. The van der Waals surface area contributed by atoms with Gasteiger partial charge in [0.15, 0.2) is 11.3 Å². The number of hydrogen-bond acceptors (Lipinski definition) is 3. The van der Waals surface area contributed by atoms with Crippen molar-refractivity contribution in [1.29, 1.82) is 0 Å². The first-order valence-corrected chi connectivity index (χ1v) is 19.5. The number of aromatic nitrogens is 7. The Labute approximate surface area is 330 Å². The summed E-state index contributed by atoms with van der Waals surface area (Å²) in [5.74, 6) is 0. The summed E-state index contributed by atoms with van der Waals surface area (Å²) in [4.78, 5) is 16.0. The zero-order chi connectivity index (χ0) is 37.9. The van der Waals surface area contributed by atoms with Crippen LogP contribution in [0.25, 0.3) is 111 Å². The van der Waals surface area contributed by atoms with E-state index < -0.39 is 0 Å². The Bertz CT molecular complexity index is 3470. The molecule has 7 nitrogen and oxygen atoms in total. The fraction of sp³-hybridized carbons (Fsp3) is 0. The van der Waals surface area contributed by atoms with Crippen molar-refractivity contribution < 1.29 is 0 Å². The average molecular weight is 742 g/mol. The molecule has 0 amide bonds. The van der Waals surface area contributed by atoms with Crippen LogP contribution in [0.5, 0.6) is 0 Å². The van der Waals surface area contributed by atoms with Gasteiger partial charge in [-0.05, 0) is 78.9 Å². The molecule has 270 valence electrons. The molecule has 0 saturated carbocycles. The third kappa shape index (κ3) is 4.24. The lowest BCUT2D eigenvalue weighted by atomic mass is 10.2. The molecule has 0 bridgehead atoms. The Morgan fingerprint density at radius 2 is 0.655 bits per heavy atom. The minimum Gasteiger partial charge on any atom is -0.309 e. The largest absolute Gasteiger partial charge is 0.309 e. The van der Waals surface area contributed by atoms with Crippen LogP contribution in [0.1, 0.15) is 0 Å². The summed E-state index contributed by atoms with van der Waals surface area (Å²) in [6.45, 7) is 0. The van der Waals surface area contributed by atoms with E-state index in [2.05, 4.69) is 194 Å². The maximum absolute atomic E-state index is 5.60. The number of rotatable bonds is 4. The first kappa shape index (κ1) is 31.2. The number of pyridine rings is 1. The van der Waals surface area contributed by atoms with Crippen molar-refractivity contribution in [2.75, 3.05) is 0 Å². The van der Waals surface area contributed by atoms with Crippen molar-refractivity contribution in [2.45, 2.75) is 0 Å². The third-order valence-electron chi connectivity index (χ3n) is 11.8. The van der Waals surface area contributed by atoms with Crippen LogP contribution in [0.4, 0.5) is 0 Å². The van der Waals surface area contributed by atoms with Gasteiger partial charge in [0.25, 0.3) is 0 Å². The number of benzene rings is 7. The molecule has 6 aromatic heterocycles. The molecule has 0 aliphatic heterocycles. The highest BCUT2D eigenvalue weighted by atomic mass is 15.1. The van der Waals surface area contributed by atoms with E-state index in [0.717, 1.165) is 67.0 Å². The van der Waals surface area contributed by atoms with Crippen LogP contribution in [-0.4, -0.2) is 33.2 Å². The molecule has 0 fully saturated rings. The second-order valence-corrected chi connectivity index (χ2v) is 14.9. The lowest BCUT2D eigenvalue weighted by Crippen LogP contribution is -2.02. The van der Waals surface area contributed by atoms with Crippen LogP contribution in [0.3, 0.4) is 0 Å². The first-order valence-electron chi connectivity index (χ1n) is 19.5. The van der Waals surface area contributed by atoms with E-state index in [4.69, 9.17) is 15.0 Å². The molecular weight excluding hydrogens is 711 g/mol. The van der Waals surface area contributed by atoms with E-state index in [1.165, 1.54) is 43.6 Å². The monoisotopic (exact) mass is 741 g/mol. The molecule has 0 atom stereocenters. The smallest absolute Gasteiger partial charge is 0.168 e. The molecule has 6 heterocycles. The van der Waals surface area contributed by atoms with Crippen LogP contribution in [0.15, 0.2) is 188 Å². The molecule has 0 saturated heterocycles. The molecule has 58 heavy (non-hydrogen) atoms. The fourth-order valence-electron chi connectivity index (χ4n) is 9.39. The molecule has 13 aromatic rings. The predicted octanol–water partition coefficient (Wildman–Crippen LogP) is 12.3. The van der Waals surface area contributed by atoms with E-state index >= 15 is 0 Å². The summed E-state index contributed by atoms with van der Waals surface area (Å²) in [7, 11) is 0. The highest BCUT2D eigenvalue weighted by Gasteiger charge is 2.23. The first-order chi connectivity index (χ1) is 28.8. The van der Waals surface area contributed by atoms with Crippen LogP contribution in [-0.2, 0) is 0 Å². The van der Waals surface area contributed by atoms with Crippen LogP contribution in [0, 0.1) is 0 Å². The number of nitrogens with zero attached hydrogens (tertiary/aromatic N) is 7. The quantitative estimate of drug-likeness (QED) is 0.180. The molecule has 0 unspecified atom stereocenters. The van der Waals surface area contributed by atoms with Gasteiger partial charge in [0.2, 0.25) is 0 Å². The maximum atomic E-state index is 5.60. The van der Waals surface area contributed by atoms with Crippen LogP contribution >= 0.6 is 0 Å². The normalized spacial score (nSPS) is 12.1. The lowest BCUT2D eigenvalue weighted by Gasteiger charge is -2.13. The van der Waals surface area contributed by atoms with Crippen molar-refractivity contribution in [3.63, 3.8) is 0 Å². The Morgan fingerprint density at radius 1 is 0.276 bits per heavy atom. The Hall–Kier alpha value is -8.03. The second-order valence-electron chi connectivity index (χ2n) is 14.9. The summed E-state index contributed by atoms with van der Waals surface area (Å²) < 4.78 is 9.20. The standard InChI is InChI=1S/C51H31N7/c1-6-23-41-36(18-1)37-19-2-7-24-42(37)55(41)32-14-11-16-34(30-32)57-45-27-10-5-22-40(45)47-50(57)54-51-49(53-47)48-46(28-13-29-52-48)58(51)35-17-12-15-33(31-35)56-43-25-8-3-20-38(43)39-21-4-9-26-44(39)56/h1-31H. The fourth-order valence-corrected chi connectivity index (χ4v) is 9.39. The summed E-state index contributed by atoms with van der Waals surface area (Å²) in [6, 6.07) is 64.6. The summed E-state index contributed by atoms with van der Waals surface area (Å²) in [6.07, 6.45) is 1.84. The van der Waals surface area contributed by atoms with Gasteiger partial charge in [-0.3, -0.25) is 14.1 Å². The predicted molar refractivity (Wildman–Crippen MR) is 237 cm³/mol. The van der Waals surface area contributed by atoms with Gasteiger partial charge in [-0.15, -0.1) is 0 Å². The van der Waals surface area contributed by atoms with Crippen molar-refractivity contribution >= 4 is 87.9 Å². The zero-order valence-corrected chi connectivity index (χ0v) is 31.0. The Kier molecular flexibility index (Phi) is 6.32. The summed E-state index contributed by atoms with van der Waals surface area (Å²) in [5.41, 5.74) is 14.8. The zero-order valence-electron chi connectivity index (χ0n) is 31.0. The van der Waals surface area contributed by atoms with E-state index in [1.54, 1.807) is 0 Å². The molecule has 7 heteroatoms. The number of para-hydroxylation sites is 5. The van der Waals surface area contributed by atoms with E-state index in [1.807, 2.05) is 12.3 Å². The number of hydrogen-bond donors (Lipinski definition) is 0. The van der Waals surface area contributed by atoms with Gasteiger partial charge in [0, 0.05) is 55.9 Å². The van der Waals surface area contributed by atoms with Crippen molar-refractivity contribution in [3.8, 4) is 22.7 Å². The maximum Gasteiger partial charge on any atom is 0.168 e. The van der Waals surface area contributed by atoms with Crippen molar-refractivity contribution in [1.82, 2.24) is 33.2 Å². The minimum atomic E-state index is 0.753. The van der Waals surface area contributed by atoms with Gasteiger partial charge in [-0.25, -0.2) is 9.97 Å². The van der Waals surface area contributed by atoms with E-state index in [0.29, 0.717) is 0 Å². The van der Waals surface area contributed by atoms with Gasteiger partial charge in [-0.2, -0.15) is 0 Å². The van der Waals surface area contributed by atoms with E-state index in [9.17, 15) is 0 Å². The SMILES string of the molecule is c1cc(-n2c3ccccc3c3ccccc32)cc(-n2c3ccccc3c3nc4c5ncccc5n(-c5cccc(-n6c7ccccc7c7ccccc76)c5)c4nc32)c1. The Balaban J connectivity index is 1.07. The lowest BCUT2D eigenvalue weighted by molar-refractivity contribution is 1.08. The van der Waals surface area contributed by atoms with Gasteiger partial charge >= 0.3 is 0 Å². The molecular formula is C51H31N7. The Morgan fingerprint density at radius 3 is 1.16 bits per heavy atom. The highest BCUT2D eigenvalue weighted by molar-refractivity contribution is 6.13.